The summed E-state index contributed by atoms with van der Waals surface area (Å²) in [5.74, 6) is -0.0893. The molecule has 0 radical (unpaired) electrons. The van der Waals surface area contributed by atoms with E-state index in [0.717, 1.165) is 16.9 Å². The predicted molar refractivity (Wildman–Crippen MR) is 81.7 cm³/mol. The lowest BCUT2D eigenvalue weighted by atomic mass is 10.1. The smallest absolute Gasteiger partial charge is 0.336 e. The zero-order valence-electron chi connectivity index (χ0n) is 12.2. The lowest BCUT2D eigenvalue weighted by Gasteiger charge is -2.16. The van der Waals surface area contributed by atoms with E-state index in [0.29, 0.717) is 12.1 Å². The molecule has 4 heteroatoms. The molecule has 0 aliphatic rings. The Balaban J connectivity index is 2.07. The molecule has 0 fully saturated rings. The molecule has 2 N–H and O–H groups in total. The van der Waals surface area contributed by atoms with Crippen molar-refractivity contribution in [1.82, 2.24) is 5.32 Å². The molecule has 0 spiro atoms. The SMILES string of the molecule is COc1cccc([C@@H](C)NCc2ccccc2C(=O)O)c1. The number of rotatable bonds is 6. The van der Waals surface area contributed by atoms with Crippen LogP contribution in [0.15, 0.2) is 48.5 Å². The topological polar surface area (TPSA) is 58.6 Å². The minimum Gasteiger partial charge on any atom is -0.497 e. The molecule has 0 aliphatic heterocycles. The van der Waals surface area contributed by atoms with Gasteiger partial charge in [0.15, 0.2) is 0 Å². The van der Waals surface area contributed by atoms with Gasteiger partial charge in [-0.1, -0.05) is 30.3 Å². The standard InChI is InChI=1S/C17H19NO3/c1-12(13-7-5-8-15(10-13)21-2)18-11-14-6-3-4-9-16(14)17(19)20/h3-10,12,18H,11H2,1-2H3,(H,19,20)/t12-/m1/s1. The van der Waals surface area contributed by atoms with Crippen LogP contribution in [0.5, 0.6) is 5.75 Å². The fraction of sp³-hybridized carbons (Fsp3) is 0.235. The van der Waals surface area contributed by atoms with E-state index in [9.17, 15) is 9.90 Å². The summed E-state index contributed by atoms with van der Waals surface area (Å²) in [6.45, 7) is 2.54. The largest absolute Gasteiger partial charge is 0.497 e. The lowest BCUT2D eigenvalue weighted by molar-refractivity contribution is 0.0695. The number of ether oxygens (including phenoxy) is 1. The molecule has 21 heavy (non-hydrogen) atoms. The van der Waals surface area contributed by atoms with Gasteiger partial charge < -0.3 is 15.2 Å². The average molecular weight is 285 g/mol. The highest BCUT2D eigenvalue weighted by Gasteiger charge is 2.11. The second kappa shape index (κ2) is 6.90. The van der Waals surface area contributed by atoms with Gasteiger partial charge in [0, 0.05) is 12.6 Å². The number of aromatic carboxylic acids is 1. The van der Waals surface area contributed by atoms with Gasteiger partial charge in [-0.25, -0.2) is 4.79 Å². The van der Waals surface area contributed by atoms with Gasteiger partial charge in [-0.3, -0.25) is 0 Å². The molecular formula is C17H19NO3. The Morgan fingerprint density at radius 3 is 2.71 bits per heavy atom. The average Bonchev–Trinajstić information content (AvgIpc) is 2.52. The lowest BCUT2D eigenvalue weighted by Crippen LogP contribution is -2.19. The minimum absolute atomic E-state index is 0.0990. The maximum absolute atomic E-state index is 11.2. The van der Waals surface area contributed by atoms with Crippen molar-refractivity contribution >= 4 is 5.97 Å². The fourth-order valence-corrected chi connectivity index (χ4v) is 2.17. The monoisotopic (exact) mass is 285 g/mol. The van der Waals surface area contributed by atoms with E-state index in [2.05, 4.69) is 5.32 Å². The third kappa shape index (κ3) is 3.83. The Morgan fingerprint density at radius 2 is 2.00 bits per heavy atom. The van der Waals surface area contributed by atoms with Crippen LogP contribution in [-0.2, 0) is 6.54 Å². The number of hydrogen-bond donors (Lipinski definition) is 2. The Bertz CT molecular complexity index is 625. The highest BCUT2D eigenvalue weighted by Crippen LogP contribution is 2.19. The second-order valence-corrected chi connectivity index (χ2v) is 4.84. The number of carboxylic acids is 1. The molecule has 0 bridgehead atoms. The Labute approximate surface area is 124 Å². The first-order chi connectivity index (χ1) is 10.1. The van der Waals surface area contributed by atoms with Crippen molar-refractivity contribution in [3.05, 3.63) is 65.2 Å². The normalized spacial score (nSPS) is 11.9. The molecule has 2 aromatic rings. The number of hydrogen-bond acceptors (Lipinski definition) is 3. The first-order valence-electron chi connectivity index (χ1n) is 6.80. The molecule has 0 saturated heterocycles. The van der Waals surface area contributed by atoms with E-state index in [1.165, 1.54) is 0 Å². The van der Waals surface area contributed by atoms with Gasteiger partial charge in [-0.05, 0) is 36.2 Å². The first kappa shape index (κ1) is 15.1. The summed E-state index contributed by atoms with van der Waals surface area (Å²) in [7, 11) is 1.64. The summed E-state index contributed by atoms with van der Waals surface area (Å²) in [5, 5.41) is 12.5. The number of nitrogens with one attached hydrogen (secondary N) is 1. The van der Waals surface area contributed by atoms with Crippen molar-refractivity contribution in [3.63, 3.8) is 0 Å². The molecule has 110 valence electrons. The van der Waals surface area contributed by atoms with E-state index >= 15 is 0 Å². The van der Waals surface area contributed by atoms with E-state index in [-0.39, 0.29) is 6.04 Å². The van der Waals surface area contributed by atoms with Crippen LogP contribution in [0.4, 0.5) is 0 Å². The van der Waals surface area contributed by atoms with Gasteiger partial charge in [0.2, 0.25) is 0 Å². The van der Waals surface area contributed by atoms with Gasteiger partial charge in [0.25, 0.3) is 0 Å². The number of benzene rings is 2. The summed E-state index contributed by atoms with van der Waals surface area (Å²) in [4.78, 5) is 11.2. The molecule has 0 aliphatic carbocycles. The number of carbonyl (C=O) groups is 1. The Kier molecular flexibility index (Phi) is 4.95. The van der Waals surface area contributed by atoms with Crippen LogP contribution in [0.1, 0.15) is 34.5 Å². The summed E-state index contributed by atoms with van der Waals surface area (Å²) >= 11 is 0. The zero-order valence-corrected chi connectivity index (χ0v) is 12.2. The molecule has 0 heterocycles. The Hall–Kier alpha value is -2.33. The van der Waals surface area contributed by atoms with Crippen molar-refractivity contribution in [3.8, 4) is 5.75 Å². The van der Waals surface area contributed by atoms with Crippen LogP contribution in [0.25, 0.3) is 0 Å². The summed E-state index contributed by atoms with van der Waals surface area (Å²) in [5.41, 5.74) is 2.21. The molecule has 1 atom stereocenters. The minimum atomic E-state index is -0.901. The summed E-state index contributed by atoms with van der Waals surface area (Å²) < 4.78 is 5.21. The maximum atomic E-state index is 11.2. The van der Waals surface area contributed by atoms with E-state index in [4.69, 9.17) is 4.74 Å². The second-order valence-electron chi connectivity index (χ2n) is 4.84. The predicted octanol–water partition coefficient (Wildman–Crippen LogP) is 3.24. The molecule has 0 unspecified atom stereocenters. The zero-order chi connectivity index (χ0) is 15.2. The van der Waals surface area contributed by atoms with Crippen molar-refractivity contribution in [1.29, 1.82) is 0 Å². The van der Waals surface area contributed by atoms with Gasteiger partial charge in [0.05, 0.1) is 12.7 Å². The molecule has 0 amide bonds. The number of carboxylic acid groups (broad SMARTS) is 1. The van der Waals surface area contributed by atoms with Gasteiger partial charge in [0.1, 0.15) is 5.75 Å². The summed E-state index contributed by atoms with van der Waals surface area (Å²) in [6.07, 6.45) is 0. The third-order valence-corrected chi connectivity index (χ3v) is 3.44. The van der Waals surface area contributed by atoms with Crippen LogP contribution in [0.2, 0.25) is 0 Å². The van der Waals surface area contributed by atoms with Crippen molar-refractivity contribution in [2.75, 3.05) is 7.11 Å². The molecule has 2 aromatic carbocycles. The van der Waals surface area contributed by atoms with E-state index < -0.39 is 5.97 Å². The molecule has 2 rings (SSSR count). The number of methoxy groups -OCH3 is 1. The van der Waals surface area contributed by atoms with Gasteiger partial charge >= 0.3 is 5.97 Å². The van der Waals surface area contributed by atoms with Crippen LogP contribution < -0.4 is 10.1 Å². The fourth-order valence-electron chi connectivity index (χ4n) is 2.17. The molecule has 0 saturated carbocycles. The third-order valence-electron chi connectivity index (χ3n) is 3.44. The van der Waals surface area contributed by atoms with Crippen LogP contribution >= 0.6 is 0 Å². The first-order valence-corrected chi connectivity index (χ1v) is 6.80. The van der Waals surface area contributed by atoms with Gasteiger partial charge in [-0.2, -0.15) is 0 Å². The highest BCUT2D eigenvalue weighted by atomic mass is 16.5. The van der Waals surface area contributed by atoms with Crippen molar-refractivity contribution in [2.45, 2.75) is 19.5 Å². The maximum Gasteiger partial charge on any atom is 0.336 e. The van der Waals surface area contributed by atoms with Crippen LogP contribution in [0, 0.1) is 0 Å². The van der Waals surface area contributed by atoms with E-state index in [1.54, 1.807) is 19.2 Å². The van der Waals surface area contributed by atoms with Crippen molar-refractivity contribution in [2.24, 2.45) is 0 Å². The molecule has 4 nitrogen and oxygen atoms in total. The molecular weight excluding hydrogens is 266 g/mol. The Morgan fingerprint density at radius 1 is 1.24 bits per heavy atom. The highest BCUT2D eigenvalue weighted by molar-refractivity contribution is 5.89. The summed E-state index contributed by atoms with van der Waals surface area (Å²) in [6, 6.07) is 15.0. The van der Waals surface area contributed by atoms with E-state index in [1.807, 2.05) is 43.3 Å². The van der Waals surface area contributed by atoms with Crippen molar-refractivity contribution < 1.29 is 14.6 Å². The van der Waals surface area contributed by atoms with Crippen LogP contribution in [0.3, 0.4) is 0 Å². The molecule has 0 aromatic heterocycles. The quantitative estimate of drug-likeness (QED) is 0.855. The van der Waals surface area contributed by atoms with Gasteiger partial charge in [-0.15, -0.1) is 0 Å². The van der Waals surface area contributed by atoms with Crippen LogP contribution in [-0.4, -0.2) is 18.2 Å².